The van der Waals surface area contributed by atoms with Gasteiger partial charge in [0.2, 0.25) is 6.79 Å². The second kappa shape index (κ2) is 7.38. The van der Waals surface area contributed by atoms with Gasteiger partial charge in [-0.05, 0) is 25.0 Å². The maximum Gasteiger partial charge on any atom is 0.287 e. The summed E-state index contributed by atoms with van der Waals surface area (Å²) in [6.07, 6.45) is 2.41. The molecule has 26 heavy (non-hydrogen) atoms. The molecular weight excluding hydrogens is 328 g/mol. The molecule has 136 valence electrons. The van der Waals surface area contributed by atoms with Crippen molar-refractivity contribution >= 4 is 11.6 Å². The van der Waals surface area contributed by atoms with E-state index in [-0.39, 0.29) is 18.7 Å². The first-order chi connectivity index (χ1) is 12.7. The number of anilines is 1. The van der Waals surface area contributed by atoms with Crippen molar-refractivity contribution in [1.29, 1.82) is 0 Å². The normalized spacial score (nSPS) is 22.7. The Morgan fingerprint density at radius 2 is 1.96 bits per heavy atom. The first-order valence-corrected chi connectivity index (χ1v) is 9.31. The summed E-state index contributed by atoms with van der Waals surface area (Å²) >= 11 is 0. The molecule has 4 rings (SSSR count). The number of nitrogens with one attached hydrogen (secondary N) is 2. The summed E-state index contributed by atoms with van der Waals surface area (Å²) in [6, 6.07) is 15.4. The molecule has 1 fully saturated rings. The highest BCUT2D eigenvalue weighted by molar-refractivity contribution is 5.95. The minimum absolute atomic E-state index is 0.0270. The molecule has 0 radical (unpaired) electrons. The zero-order valence-corrected chi connectivity index (χ0v) is 15.0. The highest BCUT2D eigenvalue weighted by Crippen LogP contribution is 2.34. The number of quaternary nitrogens is 1. The lowest BCUT2D eigenvalue weighted by atomic mass is 9.95. The number of hydrogen-bond acceptors (Lipinski definition) is 3. The monoisotopic (exact) mass is 353 g/mol. The first kappa shape index (κ1) is 16.9. The second-order valence-corrected chi connectivity index (χ2v) is 7.26. The third kappa shape index (κ3) is 3.53. The topological polar surface area (TPSA) is 52.0 Å². The van der Waals surface area contributed by atoms with Crippen LogP contribution in [0.5, 0.6) is 11.5 Å². The van der Waals surface area contributed by atoms with Crippen molar-refractivity contribution in [1.82, 2.24) is 0 Å². The number of hydrogen-bond donors (Lipinski definition) is 2. The molecule has 3 unspecified atom stereocenters. The Balaban J connectivity index is 1.57. The van der Waals surface area contributed by atoms with Gasteiger partial charge in [0.15, 0.2) is 17.5 Å². The Morgan fingerprint density at radius 1 is 1.15 bits per heavy atom. The van der Waals surface area contributed by atoms with Gasteiger partial charge in [-0.3, -0.25) is 4.79 Å². The van der Waals surface area contributed by atoms with Crippen LogP contribution in [0.3, 0.4) is 0 Å². The van der Waals surface area contributed by atoms with Crippen LogP contribution in [0.2, 0.25) is 0 Å². The van der Waals surface area contributed by atoms with Crippen molar-refractivity contribution in [2.75, 3.05) is 25.2 Å². The van der Waals surface area contributed by atoms with Crippen molar-refractivity contribution < 1.29 is 19.2 Å². The summed E-state index contributed by atoms with van der Waals surface area (Å²) in [5.41, 5.74) is 1.81. The quantitative estimate of drug-likeness (QED) is 0.888. The highest BCUT2D eigenvalue weighted by Gasteiger charge is 2.34. The van der Waals surface area contributed by atoms with E-state index in [9.17, 15) is 4.79 Å². The van der Waals surface area contributed by atoms with Gasteiger partial charge in [0.05, 0.1) is 13.1 Å². The van der Waals surface area contributed by atoms with E-state index in [1.54, 1.807) is 0 Å². The number of rotatable bonds is 4. The number of fused-ring (bicyclic) bond motifs is 1. The average molecular weight is 353 g/mol. The predicted molar refractivity (Wildman–Crippen MR) is 99.5 cm³/mol. The third-order valence-electron chi connectivity index (χ3n) is 5.25. The highest BCUT2D eigenvalue weighted by atomic mass is 16.7. The van der Waals surface area contributed by atoms with E-state index in [1.807, 2.05) is 36.4 Å². The van der Waals surface area contributed by atoms with Crippen LogP contribution in [0, 0.1) is 5.92 Å². The van der Waals surface area contributed by atoms with Gasteiger partial charge in [-0.2, -0.15) is 0 Å². The molecule has 0 bridgehead atoms. The number of piperidine rings is 1. The molecule has 1 amide bonds. The Morgan fingerprint density at radius 3 is 2.77 bits per heavy atom. The summed E-state index contributed by atoms with van der Waals surface area (Å²) in [7, 11) is 0. The van der Waals surface area contributed by atoms with Crippen molar-refractivity contribution in [2.24, 2.45) is 5.92 Å². The average Bonchev–Trinajstić information content (AvgIpc) is 3.11. The lowest BCUT2D eigenvalue weighted by molar-refractivity contribution is -0.929. The SMILES string of the molecule is CC1CCC[NH+](C(C(=O)Nc2ccc3c(c2)OCO3)c2ccccc2)C1. The molecule has 0 spiro atoms. The molecule has 2 N–H and O–H groups in total. The van der Waals surface area contributed by atoms with Crippen LogP contribution in [-0.4, -0.2) is 25.8 Å². The Labute approximate surface area is 153 Å². The van der Waals surface area contributed by atoms with Gasteiger partial charge < -0.3 is 19.7 Å². The lowest BCUT2D eigenvalue weighted by Gasteiger charge is -2.33. The summed E-state index contributed by atoms with van der Waals surface area (Å²) < 4.78 is 10.8. The van der Waals surface area contributed by atoms with E-state index in [0.29, 0.717) is 11.7 Å². The van der Waals surface area contributed by atoms with E-state index in [0.717, 1.165) is 36.5 Å². The van der Waals surface area contributed by atoms with Crippen LogP contribution >= 0.6 is 0 Å². The fraction of sp³-hybridized carbons (Fsp3) is 0.381. The standard InChI is InChI=1S/C21H24N2O3/c1-15-6-5-11-23(13-15)20(16-7-3-2-4-8-16)21(24)22-17-9-10-18-19(12-17)26-14-25-18/h2-4,7-10,12,15,20H,5-6,11,13-14H2,1H3,(H,22,24)/p+1. The fourth-order valence-electron chi connectivity index (χ4n) is 4.00. The van der Waals surface area contributed by atoms with E-state index in [4.69, 9.17) is 9.47 Å². The van der Waals surface area contributed by atoms with Crippen molar-refractivity contribution in [3.63, 3.8) is 0 Å². The molecule has 0 aromatic heterocycles. The van der Waals surface area contributed by atoms with Crippen LogP contribution in [0.1, 0.15) is 31.4 Å². The molecule has 3 atom stereocenters. The van der Waals surface area contributed by atoms with Gasteiger partial charge >= 0.3 is 0 Å². The van der Waals surface area contributed by atoms with E-state index >= 15 is 0 Å². The molecule has 2 aliphatic rings. The van der Waals surface area contributed by atoms with E-state index in [2.05, 4.69) is 24.4 Å². The van der Waals surface area contributed by atoms with Crippen molar-refractivity contribution in [2.45, 2.75) is 25.8 Å². The van der Waals surface area contributed by atoms with Crippen LogP contribution in [0.4, 0.5) is 5.69 Å². The second-order valence-electron chi connectivity index (χ2n) is 7.26. The largest absolute Gasteiger partial charge is 0.454 e. The van der Waals surface area contributed by atoms with Crippen molar-refractivity contribution in [3.05, 3.63) is 54.1 Å². The number of carbonyl (C=O) groups excluding carboxylic acids is 1. The van der Waals surface area contributed by atoms with Crippen molar-refractivity contribution in [3.8, 4) is 11.5 Å². The van der Waals surface area contributed by atoms with Gasteiger partial charge in [0, 0.05) is 23.2 Å². The molecular formula is C21H25N2O3+. The van der Waals surface area contributed by atoms with E-state index < -0.39 is 0 Å². The van der Waals surface area contributed by atoms with Gasteiger partial charge in [-0.1, -0.05) is 37.3 Å². The minimum Gasteiger partial charge on any atom is -0.454 e. The fourth-order valence-corrected chi connectivity index (χ4v) is 4.00. The molecule has 1 saturated heterocycles. The Hall–Kier alpha value is -2.53. The molecule has 2 aliphatic heterocycles. The maximum atomic E-state index is 13.2. The zero-order valence-electron chi connectivity index (χ0n) is 15.0. The number of carbonyl (C=O) groups is 1. The molecule has 2 heterocycles. The maximum absolute atomic E-state index is 13.2. The van der Waals surface area contributed by atoms with Crippen LogP contribution in [0.25, 0.3) is 0 Å². The van der Waals surface area contributed by atoms with Crippen LogP contribution in [-0.2, 0) is 4.79 Å². The van der Waals surface area contributed by atoms with Crippen LogP contribution in [0.15, 0.2) is 48.5 Å². The molecule has 0 aliphatic carbocycles. The van der Waals surface area contributed by atoms with E-state index in [1.165, 1.54) is 11.3 Å². The number of ether oxygens (including phenoxy) is 2. The van der Waals surface area contributed by atoms with Gasteiger partial charge in [-0.15, -0.1) is 0 Å². The summed E-state index contributed by atoms with van der Waals surface area (Å²) in [5.74, 6) is 2.07. The van der Waals surface area contributed by atoms with Crippen LogP contribution < -0.4 is 19.7 Å². The Kier molecular flexibility index (Phi) is 4.80. The summed E-state index contributed by atoms with van der Waals surface area (Å²) in [4.78, 5) is 14.6. The zero-order chi connectivity index (χ0) is 17.9. The third-order valence-corrected chi connectivity index (χ3v) is 5.25. The van der Waals surface area contributed by atoms with Gasteiger partial charge in [0.1, 0.15) is 0 Å². The lowest BCUT2D eigenvalue weighted by Crippen LogP contribution is -3.14. The predicted octanol–water partition coefficient (Wildman–Crippen LogP) is 2.41. The number of likely N-dealkylation sites (tertiary alicyclic amines) is 1. The first-order valence-electron chi connectivity index (χ1n) is 9.31. The number of amides is 1. The minimum atomic E-state index is -0.204. The molecule has 0 saturated carbocycles. The van der Waals surface area contributed by atoms with Gasteiger partial charge in [0.25, 0.3) is 5.91 Å². The number of benzene rings is 2. The summed E-state index contributed by atoms with van der Waals surface area (Å²) in [6.45, 7) is 4.55. The summed E-state index contributed by atoms with van der Waals surface area (Å²) in [5, 5.41) is 3.09. The molecule has 5 heteroatoms. The smallest absolute Gasteiger partial charge is 0.287 e. The molecule has 5 nitrogen and oxygen atoms in total. The molecule has 2 aromatic rings. The molecule has 2 aromatic carbocycles. The van der Waals surface area contributed by atoms with Gasteiger partial charge in [-0.25, -0.2) is 0 Å². The Bertz CT molecular complexity index is 778.